The first-order valence-electron chi connectivity index (χ1n) is 8.30. The number of rotatable bonds is 7. The van der Waals surface area contributed by atoms with E-state index in [1.165, 1.54) is 16.9 Å². The van der Waals surface area contributed by atoms with Crippen LogP contribution in [0.2, 0.25) is 5.02 Å². The molecular weight excluding hydrogens is 384 g/mol. The van der Waals surface area contributed by atoms with E-state index in [1.807, 2.05) is 0 Å². The third kappa shape index (κ3) is 4.60. The van der Waals surface area contributed by atoms with Crippen molar-refractivity contribution < 1.29 is 14.5 Å². The molecule has 8 nitrogen and oxygen atoms in total. The second kappa shape index (κ2) is 8.45. The summed E-state index contributed by atoms with van der Waals surface area (Å²) in [4.78, 5) is 35.2. The minimum atomic E-state index is -0.557. The highest BCUT2D eigenvalue weighted by Gasteiger charge is 2.16. The SMILES string of the molecule is O=C(CCn1cc([N+](=O)[O-])cn1)Nc1ccc(Cl)cc1C(=O)c1ccccc1. The van der Waals surface area contributed by atoms with E-state index in [-0.39, 0.29) is 35.9 Å². The van der Waals surface area contributed by atoms with E-state index in [0.717, 1.165) is 6.20 Å². The molecule has 9 heteroatoms. The van der Waals surface area contributed by atoms with Gasteiger partial charge in [0.25, 0.3) is 0 Å². The zero-order valence-corrected chi connectivity index (χ0v) is 15.3. The fourth-order valence-electron chi connectivity index (χ4n) is 2.56. The number of anilines is 1. The fraction of sp³-hybridized carbons (Fsp3) is 0.105. The van der Waals surface area contributed by atoms with Crippen molar-refractivity contribution in [3.63, 3.8) is 0 Å². The van der Waals surface area contributed by atoms with Crippen LogP contribution in [-0.4, -0.2) is 26.4 Å². The predicted molar refractivity (Wildman–Crippen MR) is 103 cm³/mol. The van der Waals surface area contributed by atoms with Gasteiger partial charge in [0, 0.05) is 29.1 Å². The molecule has 0 spiro atoms. The van der Waals surface area contributed by atoms with E-state index in [1.54, 1.807) is 42.5 Å². The van der Waals surface area contributed by atoms with Gasteiger partial charge in [-0.2, -0.15) is 5.10 Å². The number of nitro groups is 1. The predicted octanol–water partition coefficient (Wildman–Crippen LogP) is 3.70. The van der Waals surface area contributed by atoms with Gasteiger partial charge in [0.2, 0.25) is 5.91 Å². The maximum absolute atomic E-state index is 12.8. The maximum Gasteiger partial charge on any atom is 0.306 e. The number of ketones is 1. The molecule has 0 aliphatic heterocycles. The highest BCUT2D eigenvalue weighted by atomic mass is 35.5. The molecule has 142 valence electrons. The molecule has 1 N–H and O–H groups in total. The van der Waals surface area contributed by atoms with Crippen molar-refractivity contribution in [3.8, 4) is 0 Å². The molecule has 0 aliphatic rings. The Bertz CT molecular complexity index is 1030. The van der Waals surface area contributed by atoms with Crippen LogP contribution in [0.1, 0.15) is 22.3 Å². The lowest BCUT2D eigenvalue weighted by atomic mass is 10.0. The van der Waals surface area contributed by atoms with Gasteiger partial charge in [-0.15, -0.1) is 0 Å². The highest BCUT2D eigenvalue weighted by molar-refractivity contribution is 6.31. The minimum absolute atomic E-state index is 0.0282. The number of nitrogens with one attached hydrogen (secondary N) is 1. The summed E-state index contributed by atoms with van der Waals surface area (Å²) in [6.07, 6.45) is 2.40. The minimum Gasteiger partial charge on any atom is -0.325 e. The standard InChI is InChI=1S/C19H15ClN4O4/c20-14-6-7-17(16(10-14)19(26)13-4-2-1-3-5-13)22-18(25)8-9-23-12-15(11-21-23)24(27)28/h1-7,10-12H,8-9H2,(H,22,25). The van der Waals surface area contributed by atoms with Gasteiger partial charge in [-0.25, -0.2) is 0 Å². The number of hydrogen-bond donors (Lipinski definition) is 1. The van der Waals surface area contributed by atoms with Crippen molar-refractivity contribution in [1.29, 1.82) is 0 Å². The topological polar surface area (TPSA) is 107 Å². The number of halogens is 1. The Balaban J connectivity index is 1.72. The molecule has 3 rings (SSSR count). The molecule has 0 unspecified atom stereocenters. The molecule has 1 amide bonds. The molecule has 3 aromatic rings. The van der Waals surface area contributed by atoms with Gasteiger partial charge in [0.1, 0.15) is 12.4 Å². The van der Waals surface area contributed by atoms with Crippen molar-refractivity contribution in [3.05, 3.63) is 87.2 Å². The Morgan fingerprint density at radius 3 is 2.61 bits per heavy atom. The first-order chi connectivity index (χ1) is 13.4. The number of nitrogens with zero attached hydrogens (tertiary/aromatic N) is 3. The van der Waals surface area contributed by atoms with E-state index in [2.05, 4.69) is 10.4 Å². The van der Waals surface area contributed by atoms with Crippen LogP contribution < -0.4 is 5.32 Å². The largest absolute Gasteiger partial charge is 0.325 e. The third-order valence-electron chi connectivity index (χ3n) is 3.93. The summed E-state index contributed by atoms with van der Waals surface area (Å²) in [5.74, 6) is -0.622. The molecule has 0 radical (unpaired) electrons. The Morgan fingerprint density at radius 2 is 1.93 bits per heavy atom. The molecule has 2 aromatic carbocycles. The van der Waals surface area contributed by atoms with Gasteiger partial charge in [-0.3, -0.25) is 24.4 Å². The lowest BCUT2D eigenvalue weighted by molar-refractivity contribution is -0.385. The fourth-order valence-corrected chi connectivity index (χ4v) is 2.73. The van der Waals surface area contributed by atoms with E-state index in [4.69, 9.17) is 11.6 Å². The lowest BCUT2D eigenvalue weighted by Crippen LogP contribution is -2.17. The molecule has 0 atom stereocenters. The monoisotopic (exact) mass is 398 g/mol. The van der Waals surface area contributed by atoms with Gasteiger partial charge in [0.15, 0.2) is 5.78 Å². The average molecular weight is 399 g/mol. The Hall–Kier alpha value is -3.52. The summed E-state index contributed by atoms with van der Waals surface area (Å²) >= 11 is 6.02. The van der Waals surface area contributed by atoms with Crippen molar-refractivity contribution in [2.45, 2.75) is 13.0 Å². The van der Waals surface area contributed by atoms with E-state index in [9.17, 15) is 19.7 Å². The van der Waals surface area contributed by atoms with Gasteiger partial charge in [0.05, 0.1) is 10.6 Å². The molecule has 0 fully saturated rings. The Labute approximate surface area is 164 Å². The quantitative estimate of drug-likeness (QED) is 0.371. The second-order valence-corrected chi connectivity index (χ2v) is 6.34. The van der Waals surface area contributed by atoms with Crippen LogP contribution in [0.25, 0.3) is 0 Å². The summed E-state index contributed by atoms with van der Waals surface area (Å²) in [7, 11) is 0. The summed E-state index contributed by atoms with van der Waals surface area (Å²) in [5, 5.41) is 17.6. The van der Waals surface area contributed by atoms with Crippen LogP contribution in [0.3, 0.4) is 0 Å². The van der Waals surface area contributed by atoms with E-state index >= 15 is 0 Å². The van der Waals surface area contributed by atoms with Crippen LogP contribution in [-0.2, 0) is 11.3 Å². The zero-order chi connectivity index (χ0) is 20.1. The summed E-state index contributed by atoms with van der Waals surface area (Å²) in [6, 6.07) is 13.3. The number of benzene rings is 2. The van der Waals surface area contributed by atoms with Crippen molar-refractivity contribution in [1.82, 2.24) is 9.78 Å². The highest BCUT2D eigenvalue weighted by Crippen LogP contribution is 2.24. The normalized spacial score (nSPS) is 10.5. The van der Waals surface area contributed by atoms with Crippen LogP contribution >= 0.6 is 11.6 Å². The summed E-state index contributed by atoms with van der Waals surface area (Å²) in [6.45, 7) is 0.162. The summed E-state index contributed by atoms with van der Waals surface area (Å²) in [5.41, 5.74) is 0.953. The lowest BCUT2D eigenvalue weighted by Gasteiger charge is -2.11. The van der Waals surface area contributed by atoms with Crippen LogP contribution in [0.4, 0.5) is 11.4 Å². The smallest absolute Gasteiger partial charge is 0.306 e. The van der Waals surface area contributed by atoms with Gasteiger partial charge < -0.3 is 5.32 Å². The Kier molecular flexibility index (Phi) is 5.81. The second-order valence-electron chi connectivity index (χ2n) is 5.90. The first-order valence-corrected chi connectivity index (χ1v) is 8.68. The molecule has 1 heterocycles. The van der Waals surface area contributed by atoms with Crippen LogP contribution in [0.15, 0.2) is 60.9 Å². The van der Waals surface area contributed by atoms with Gasteiger partial charge >= 0.3 is 5.69 Å². The van der Waals surface area contributed by atoms with Crippen LogP contribution in [0.5, 0.6) is 0 Å². The molecule has 0 bridgehead atoms. The number of carbonyl (C=O) groups excluding carboxylic acids is 2. The van der Waals surface area contributed by atoms with Crippen LogP contribution in [0, 0.1) is 10.1 Å². The summed E-state index contributed by atoms with van der Waals surface area (Å²) < 4.78 is 1.32. The number of amides is 1. The Morgan fingerprint density at radius 1 is 1.18 bits per heavy atom. The molecule has 28 heavy (non-hydrogen) atoms. The molecule has 0 saturated heterocycles. The van der Waals surface area contributed by atoms with Crippen molar-refractivity contribution >= 4 is 34.7 Å². The molecule has 0 aliphatic carbocycles. The van der Waals surface area contributed by atoms with E-state index < -0.39 is 4.92 Å². The molecular formula is C19H15ClN4O4. The van der Waals surface area contributed by atoms with E-state index in [0.29, 0.717) is 16.3 Å². The third-order valence-corrected chi connectivity index (χ3v) is 4.17. The number of carbonyl (C=O) groups is 2. The van der Waals surface area contributed by atoms with Gasteiger partial charge in [-0.1, -0.05) is 41.9 Å². The first kappa shape index (κ1) is 19.2. The number of aromatic nitrogens is 2. The molecule has 1 aromatic heterocycles. The van der Waals surface area contributed by atoms with Gasteiger partial charge in [-0.05, 0) is 18.2 Å². The zero-order valence-electron chi connectivity index (χ0n) is 14.5. The maximum atomic E-state index is 12.8. The number of aryl methyl sites for hydroxylation is 1. The average Bonchev–Trinajstić information content (AvgIpc) is 3.17. The van der Waals surface area contributed by atoms with Crippen molar-refractivity contribution in [2.75, 3.05) is 5.32 Å². The van der Waals surface area contributed by atoms with Crippen molar-refractivity contribution in [2.24, 2.45) is 0 Å². The molecule has 0 saturated carbocycles. The number of hydrogen-bond acceptors (Lipinski definition) is 5.